The van der Waals surface area contributed by atoms with Crippen LogP contribution in [-0.4, -0.2) is 23.2 Å². The molecule has 0 bridgehead atoms. The quantitative estimate of drug-likeness (QED) is 0.863. The topological polar surface area (TPSA) is 49.3 Å². The molecule has 0 spiro atoms. The van der Waals surface area contributed by atoms with Crippen molar-refractivity contribution in [3.05, 3.63) is 34.3 Å². The molecule has 0 aliphatic heterocycles. The summed E-state index contributed by atoms with van der Waals surface area (Å²) in [6.07, 6.45) is 1.52. The fourth-order valence-corrected chi connectivity index (χ4v) is 2.03. The van der Waals surface area contributed by atoms with Crippen molar-refractivity contribution in [1.29, 1.82) is 0 Å². The molecular weight excluding hydrogens is 250 g/mol. The Labute approximate surface area is 113 Å². The van der Waals surface area contributed by atoms with Crippen LogP contribution in [-0.2, 0) is 0 Å². The van der Waals surface area contributed by atoms with Crippen molar-refractivity contribution in [3.8, 4) is 0 Å². The minimum Gasteiger partial charge on any atom is -0.388 e. The summed E-state index contributed by atoms with van der Waals surface area (Å²) in [7, 11) is 0. The molecule has 3 nitrogen and oxygen atoms in total. The third-order valence-corrected chi connectivity index (χ3v) is 3.36. The van der Waals surface area contributed by atoms with E-state index in [1.54, 1.807) is 19.1 Å². The molecule has 100 valence electrons. The first-order valence-electron chi connectivity index (χ1n) is 6.13. The second-order valence-corrected chi connectivity index (χ2v) is 5.24. The van der Waals surface area contributed by atoms with E-state index in [0.717, 1.165) is 12.0 Å². The number of aliphatic hydroxyl groups is 1. The molecule has 0 aliphatic carbocycles. The highest BCUT2D eigenvalue weighted by Gasteiger charge is 2.21. The van der Waals surface area contributed by atoms with Gasteiger partial charge in [0.1, 0.15) is 0 Å². The first kappa shape index (κ1) is 15.0. The molecule has 1 atom stereocenters. The molecule has 18 heavy (non-hydrogen) atoms. The van der Waals surface area contributed by atoms with E-state index < -0.39 is 5.60 Å². The van der Waals surface area contributed by atoms with E-state index in [0.29, 0.717) is 17.0 Å². The van der Waals surface area contributed by atoms with Crippen LogP contribution in [0.25, 0.3) is 0 Å². The van der Waals surface area contributed by atoms with Crippen molar-refractivity contribution < 1.29 is 9.90 Å². The summed E-state index contributed by atoms with van der Waals surface area (Å²) in [4.78, 5) is 12.0. The van der Waals surface area contributed by atoms with Crippen molar-refractivity contribution in [1.82, 2.24) is 5.32 Å². The number of hydrogen-bond donors (Lipinski definition) is 2. The summed E-state index contributed by atoms with van der Waals surface area (Å²) in [6.45, 7) is 5.79. The maximum Gasteiger partial charge on any atom is 0.252 e. The van der Waals surface area contributed by atoms with Crippen molar-refractivity contribution in [2.45, 2.75) is 39.2 Å². The standard InChI is InChI=1S/C14H20ClNO2/c1-4-8-14(3,18)9-16-13(17)11-7-5-6-10(2)12(11)15/h5-7,18H,4,8-9H2,1-3H3,(H,16,17). The van der Waals surface area contributed by atoms with E-state index in [2.05, 4.69) is 5.32 Å². The van der Waals surface area contributed by atoms with Crippen LogP contribution >= 0.6 is 11.6 Å². The summed E-state index contributed by atoms with van der Waals surface area (Å²) in [5, 5.41) is 13.2. The normalized spacial score (nSPS) is 14.1. The van der Waals surface area contributed by atoms with Gasteiger partial charge in [-0.25, -0.2) is 0 Å². The van der Waals surface area contributed by atoms with E-state index in [1.165, 1.54) is 0 Å². The number of carbonyl (C=O) groups is 1. The number of carbonyl (C=O) groups excluding carboxylic acids is 1. The van der Waals surface area contributed by atoms with Gasteiger partial charge in [-0.1, -0.05) is 37.1 Å². The van der Waals surface area contributed by atoms with Gasteiger partial charge in [-0.2, -0.15) is 0 Å². The van der Waals surface area contributed by atoms with E-state index in [9.17, 15) is 9.90 Å². The van der Waals surface area contributed by atoms with Gasteiger partial charge in [0.2, 0.25) is 0 Å². The molecule has 1 unspecified atom stereocenters. The van der Waals surface area contributed by atoms with Gasteiger partial charge in [-0.15, -0.1) is 0 Å². The fourth-order valence-electron chi connectivity index (χ4n) is 1.82. The maximum atomic E-state index is 12.0. The smallest absolute Gasteiger partial charge is 0.252 e. The summed E-state index contributed by atoms with van der Waals surface area (Å²) in [5.74, 6) is -0.250. The predicted molar refractivity (Wildman–Crippen MR) is 74.1 cm³/mol. The van der Waals surface area contributed by atoms with Crippen LogP contribution in [0.15, 0.2) is 18.2 Å². The number of benzene rings is 1. The van der Waals surface area contributed by atoms with Crippen LogP contribution < -0.4 is 5.32 Å². The molecule has 0 saturated carbocycles. The molecule has 4 heteroatoms. The lowest BCUT2D eigenvalue weighted by molar-refractivity contribution is 0.0469. The summed E-state index contributed by atoms with van der Waals surface area (Å²) in [6, 6.07) is 5.33. The van der Waals surface area contributed by atoms with Crippen LogP contribution in [0.3, 0.4) is 0 Å². The van der Waals surface area contributed by atoms with Crippen molar-refractivity contribution >= 4 is 17.5 Å². The average molecular weight is 270 g/mol. The number of amides is 1. The minimum atomic E-state index is -0.874. The zero-order valence-corrected chi connectivity index (χ0v) is 11.8. The molecule has 1 amide bonds. The fraction of sp³-hybridized carbons (Fsp3) is 0.500. The van der Waals surface area contributed by atoms with Gasteiger partial charge in [-0.3, -0.25) is 4.79 Å². The van der Waals surface area contributed by atoms with Crippen molar-refractivity contribution in [2.75, 3.05) is 6.54 Å². The summed E-state index contributed by atoms with van der Waals surface area (Å²) < 4.78 is 0. The zero-order valence-electron chi connectivity index (χ0n) is 11.1. The Morgan fingerprint density at radius 3 is 2.78 bits per heavy atom. The molecule has 0 aliphatic rings. The molecule has 1 aromatic carbocycles. The van der Waals surface area contributed by atoms with Gasteiger partial charge in [-0.05, 0) is 31.9 Å². The van der Waals surface area contributed by atoms with Crippen molar-refractivity contribution in [3.63, 3.8) is 0 Å². The van der Waals surface area contributed by atoms with E-state index in [-0.39, 0.29) is 12.5 Å². The number of rotatable bonds is 5. The van der Waals surface area contributed by atoms with Gasteiger partial charge >= 0.3 is 0 Å². The van der Waals surface area contributed by atoms with Crippen LogP contribution in [0.4, 0.5) is 0 Å². The highest BCUT2D eigenvalue weighted by atomic mass is 35.5. The van der Waals surface area contributed by atoms with Crippen LogP contribution in [0.5, 0.6) is 0 Å². The first-order chi connectivity index (χ1) is 8.37. The number of aryl methyl sites for hydroxylation is 1. The average Bonchev–Trinajstić information content (AvgIpc) is 2.30. The molecular formula is C14H20ClNO2. The largest absolute Gasteiger partial charge is 0.388 e. The van der Waals surface area contributed by atoms with Crippen LogP contribution in [0.2, 0.25) is 5.02 Å². The molecule has 1 rings (SSSR count). The Balaban J connectivity index is 2.69. The lowest BCUT2D eigenvalue weighted by Crippen LogP contribution is -2.40. The monoisotopic (exact) mass is 269 g/mol. The zero-order chi connectivity index (χ0) is 13.8. The molecule has 0 heterocycles. The Bertz CT molecular complexity index is 430. The van der Waals surface area contributed by atoms with E-state index in [4.69, 9.17) is 11.6 Å². The third kappa shape index (κ3) is 4.00. The lowest BCUT2D eigenvalue weighted by atomic mass is 10.0. The van der Waals surface area contributed by atoms with Gasteiger partial charge in [0.05, 0.1) is 16.2 Å². The Kier molecular flexibility index (Phi) is 5.17. The third-order valence-electron chi connectivity index (χ3n) is 2.85. The molecule has 0 fully saturated rings. The number of hydrogen-bond acceptors (Lipinski definition) is 2. The SMILES string of the molecule is CCCC(C)(O)CNC(=O)c1cccc(C)c1Cl. The van der Waals surface area contributed by atoms with Crippen LogP contribution in [0, 0.1) is 6.92 Å². The molecule has 2 N–H and O–H groups in total. The summed E-state index contributed by atoms with van der Waals surface area (Å²) >= 11 is 6.08. The predicted octanol–water partition coefficient (Wildman–Crippen LogP) is 2.93. The Hall–Kier alpha value is -1.06. The van der Waals surface area contributed by atoms with Gasteiger partial charge in [0.15, 0.2) is 0 Å². The second kappa shape index (κ2) is 6.21. The molecule has 0 saturated heterocycles. The molecule has 0 radical (unpaired) electrons. The Morgan fingerprint density at radius 2 is 2.17 bits per heavy atom. The highest BCUT2D eigenvalue weighted by Crippen LogP contribution is 2.20. The maximum absolute atomic E-state index is 12.0. The summed E-state index contributed by atoms with van der Waals surface area (Å²) in [5.41, 5.74) is 0.439. The molecule has 1 aromatic rings. The van der Waals surface area contributed by atoms with Gasteiger partial charge in [0, 0.05) is 6.54 Å². The lowest BCUT2D eigenvalue weighted by Gasteiger charge is -2.23. The number of nitrogens with one attached hydrogen (secondary N) is 1. The van der Waals surface area contributed by atoms with Gasteiger partial charge < -0.3 is 10.4 Å². The second-order valence-electron chi connectivity index (χ2n) is 4.87. The van der Waals surface area contributed by atoms with E-state index >= 15 is 0 Å². The van der Waals surface area contributed by atoms with Gasteiger partial charge in [0.25, 0.3) is 5.91 Å². The highest BCUT2D eigenvalue weighted by molar-refractivity contribution is 6.34. The first-order valence-corrected chi connectivity index (χ1v) is 6.51. The van der Waals surface area contributed by atoms with E-state index in [1.807, 2.05) is 19.9 Å². The van der Waals surface area contributed by atoms with Crippen molar-refractivity contribution in [2.24, 2.45) is 0 Å². The minimum absolute atomic E-state index is 0.226. The number of halogens is 1. The molecule has 0 aromatic heterocycles. The Morgan fingerprint density at radius 1 is 1.50 bits per heavy atom. The van der Waals surface area contributed by atoms with Crippen LogP contribution in [0.1, 0.15) is 42.6 Å².